The second kappa shape index (κ2) is 6.79. The molecule has 0 saturated carbocycles. The zero-order chi connectivity index (χ0) is 17.1. The van der Waals surface area contributed by atoms with E-state index in [1.165, 1.54) is 26.8 Å². The van der Waals surface area contributed by atoms with Crippen LogP contribution in [0.3, 0.4) is 0 Å². The Morgan fingerprint density at radius 3 is 2.92 bits per heavy atom. The van der Waals surface area contributed by atoms with Crippen molar-refractivity contribution in [3.8, 4) is 5.75 Å². The number of hydrogen-bond acceptors (Lipinski definition) is 7. The van der Waals surface area contributed by atoms with Crippen molar-refractivity contribution >= 4 is 5.91 Å². The first kappa shape index (κ1) is 16.1. The molecular formula is C14H18N6O4. The van der Waals surface area contributed by atoms with Crippen molar-refractivity contribution in [2.45, 2.75) is 13.1 Å². The van der Waals surface area contributed by atoms with Gasteiger partial charge in [0.2, 0.25) is 11.6 Å². The monoisotopic (exact) mass is 334 g/mol. The molecule has 24 heavy (non-hydrogen) atoms. The van der Waals surface area contributed by atoms with Crippen molar-refractivity contribution in [3.63, 3.8) is 0 Å². The molecule has 0 atom stereocenters. The van der Waals surface area contributed by atoms with Crippen molar-refractivity contribution in [1.29, 1.82) is 0 Å². The lowest BCUT2D eigenvalue weighted by molar-refractivity contribution is 0.0719. The largest absolute Gasteiger partial charge is 0.485 e. The molecule has 2 aromatic rings. The van der Waals surface area contributed by atoms with E-state index in [0.717, 1.165) is 0 Å². The number of nitrogens with zero attached hydrogens (tertiary/aromatic N) is 6. The van der Waals surface area contributed by atoms with Gasteiger partial charge in [0.15, 0.2) is 0 Å². The third-order valence-electron chi connectivity index (χ3n) is 3.63. The molecule has 10 heteroatoms. The molecule has 1 aliphatic rings. The Morgan fingerprint density at radius 1 is 1.38 bits per heavy atom. The number of hydrogen-bond donors (Lipinski definition) is 0. The molecule has 0 bridgehead atoms. The fourth-order valence-corrected chi connectivity index (χ4v) is 2.38. The van der Waals surface area contributed by atoms with Gasteiger partial charge >= 0.3 is 0 Å². The summed E-state index contributed by atoms with van der Waals surface area (Å²) < 4.78 is 13.4. The van der Waals surface area contributed by atoms with Crippen LogP contribution in [0.2, 0.25) is 0 Å². The molecule has 0 spiro atoms. The predicted octanol–water partition coefficient (Wildman–Crippen LogP) is -0.947. The van der Waals surface area contributed by atoms with Gasteiger partial charge in [0.25, 0.3) is 11.5 Å². The van der Waals surface area contributed by atoms with Crippen molar-refractivity contribution in [1.82, 2.24) is 29.2 Å². The van der Waals surface area contributed by atoms with Crippen LogP contribution in [0.1, 0.15) is 16.3 Å². The number of fused-ring (bicyclic) bond motifs is 1. The molecule has 0 radical (unpaired) electrons. The SMILES string of the molecule is COCCn1cnc2c(c1=O)OCCN(C(=O)c1ncn(C)n1)C2. The number of carbonyl (C=O) groups excluding carboxylic acids is 1. The number of methoxy groups -OCH3 is 1. The van der Waals surface area contributed by atoms with Gasteiger partial charge in [-0.25, -0.2) is 9.97 Å². The number of aryl methyl sites for hydroxylation is 1. The van der Waals surface area contributed by atoms with Crippen LogP contribution in [0, 0.1) is 0 Å². The van der Waals surface area contributed by atoms with Crippen molar-refractivity contribution < 1.29 is 14.3 Å². The highest BCUT2D eigenvalue weighted by Crippen LogP contribution is 2.17. The molecule has 0 unspecified atom stereocenters. The average Bonchev–Trinajstić information content (AvgIpc) is 2.89. The summed E-state index contributed by atoms with van der Waals surface area (Å²) >= 11 is 0. The molecule has 0 aliphatic carbocycles. The molecule has 3 heterocycles. The van der Waals surface area contributed by atoms with E-state index in [2.05, 4.69) is 15.1 Å². The highest BCUT2D eigenvalue weighted by atomic mass is 16.5. The van der Waals surface area contributed by atoms with Gasteiger partial charge in [-0.05, 0) is 0 Å². The molecule has 0 N–H and O–H groups in total. The smallest absolute Gasteiger partial charge is 0.296 e. The second-order valence-electron chi connectivity index (χ2n) is 5.33. The van der Waals surface area contributed by atoms with Crippen molar-refractivity contribution in [2.75, 3.05) is 26.9 Å². The highest BCUT2D eigenvalue weighted by molar-refractivity contribution is 5.90. The van der Waals surface area contributed by atoms with Crippen LogP contribution in [-0.4, -0.2) is 62.0 Å². The van der Waals surface area contributed by atoms with Crippen LogP contribution in [-0.2, 0) is 24.9 Å². The van der Waals surface area contributed by atoms with Gasteiger partial charge in [-0.15, -0.1) is 5.10 Å². The van der Waals surface area contributed by atoms with Gasteiger partial charge in [-0.2, -0.15) is 0 Å². The predicted molar refractivity (Wildman–Crippen MR) is 81.6 cm³/mol. The molecule has 3 rings (SSSR count). The van der Waals surface area contributed by atoms with E-state index >= 15 is 0 Å². The lowest BCUT2D eigenvalue weighted by atomic mass is 10.3. The van der Waals surface area contributed by atoms with E-state index in [1.807, 2.05) is 0 Å². The Hall–Kier alpha value is -2.75. The molecule has 10 nitrogen and oxygen atoms in total. The number of amides is 1. The minimum atomic E-state index is -0.322. The van der Waals surface area contributed by atoms with Crippen molar-refractivity contribution in [2.24, 2.45) is 7.05 Å². The van der Waals surface area contributed by atoms with Crippen LogP contribution >= 0.6 is 0 Å². The maximum atomic E-state index is 12.5. The maximum absolute atomic E-state index is 12.5. The summed E-state index contributed by atoms with van der Waals surface area (Å²) in [5, 5.41) is 4.01. The van der Waals surface area contributed by atoms with Gasteiger partial charge in [0.05, 0.1) is 32.6 Å². The third kappa shape index (κ3) is 3.13. The zero-order valence-electron chi connectivity index (χ0n) is 13.5. The summed E-state index contributed by atoms with van der Waals surface area (Å²) in [6.45, 7) is 1.49. The van der Waals surface area contributed by atoms with Gasteiger partial charge in [-0.1, -0.05) is 0 Å². The van der Waals surface area contributed by atoms with Crippen LogP contribution in [0.5, 0.6) is 5.75 Å². The Balaban J connectivity index is 1.84. The Morgan fingerprint density at radius 2 is 2.21 bits per heavy atom. The quantitative estimate of drug-likeness (QED) is 0.710. The summed E-state index contributed by atoms with van der Waals surface area (Å²) in [6, 6.07) is 0. The first-order valence-corrected chi connectivity index (χ1v) is 7.45. The highest BCUT2D eigenvalue weighted by Gasteiger charge is 2.26. The first-order chi connectivity index (χ1) is 11.6. The number of carbonyl (C=O) groups is 1. The number of aromatic nitrogens is 5. The average molecular weight is 334 g/mol. The molecule has 1 aliphatic heterocycles. The van der Waals surface area contributed by atoms with Crippen LogP contribution in [0.4, 0.5) is 0 Å². The third-order valence-corrected chi connectivity index (χ3v) is 3.63. The molecule has 2 aromatic heterocycles. The van der Waals surface area contributed by atoms with Gasteiger partial charge in [-0.3, -0.25) is 18.8 Å². The second-order valence-corrected chi connectivity index (χ2v) is 5.33. The van der Waals surface area contributed by atoms with Crippen LogP contribution in [0.25, 0.3) is 0 Å². The van der Waals surface area contributed by atoms with E-state index in [1.54, 1.807) is 14.2 Å². The normalized spacial score (nSPS) is 14.0. The molecule has 0 saturated heterocycles. The minimum absolute atomic E-state index is 0.106. The summed E-state index contributed by atoms with van der Waals surface area (Å²) in [7, 11) is 3.25. The summed E-state index contributed by atoms with van der Waals surface area (Å²) in [5.41, 5.74) is 0.151. The zero-order valence-corrected chi connectivity index (χ0v) is 13.5. The fourth-order valence-electron chi connectivity index (χ4n) is 2.38. The Labute approximate surface area is 137 Å². The van der Waals surface area contributed by atoms with Gasteiger partial charge in [0, 0.05) is 14.2 Å². The van der Waals surface area contributed by atoms with E-state index < -0.39 is 0 Å². The van der Waals surface area contributed by atoms with Gasteiger partial charge in [0.1, 0.15) is 18.6 Å². The summed E-state index contributed by atoms with van der Waals surface area (Å²) in [4.78, 5) is 34.7. The number of ether oxygens (including phenoxy) is 2. The minimum Gasteiger partial charge on any atom is -0.485 e. The Bertz CT molecular complexity index is 799. The van der Waals surface area contributed by atoms with E-state index in [-0.39, 0.29) is 36.2 Å². The standard InChI is InChI=1S/C14H18N6O4/c1-18-8-16-12(17-18)14(22)19-4-6-24-11-10(7-19)15-9-20(13(11)21)3-5-23-2/h8-9H,3-7H2,1-2H3. The molecule has 1 amide bonds. The maximum Gasteiger partial charge on any atom is 0.296 e. The fraction of sp³-hybridized carbons (Fsp3) is 0.500. The lowest BCUT2D eigenvalue weighted by Gasteiger charge is -2.17. The van der Waals surface area contributed by atoms with E-state index in [9.17, 15) is 9.59 Å². The first-order valence-electron chi connectivity index (χ1n) is 7.45. The summed E-state index contributed by atoms with van der Waals surface area (Å²) in [5.74, 6) is -0.0373. The van der Waals surface area contributed by atoms with Crippen LogP contribution < -0.4 is 10.3 Å². The molecule has 0 aromatic carbocycles. The summed E-state index contributed by atoms with van der Waals surface area (Å²) in [6.07, 6.45) is 2.90. The van der Waals surface area contributed by atoms with E-state index in [0.29, 0.717) is 25.4 Å². The number of rotatable bonds is 4. The van der Waals surface area contributed by atoms with Crippen molar-refractivity contribution in [3.05, 3.63) is 34.5 Å². The molecule has 0 fully saturated rings. The Kier molecular flexibility index (Phi) is 4.56. The van der Waals surface area contributed by atoms with E-state index in [4.69, 9.17) is 9.47 Å². The van der Waals surface area contributed by atoms with Crippen LogP contribution in [0.15, 0.2) is 17.4 Å². The lowest BCUT2D eigenvalue weighted by Crippen LogP contribution is -2.33. The molecule has 128 valence electrons. The topological polar surface area (TPSA) is 104 Å². The molecular weight excluding hydrogens is 316 g/mol. The van der Waals surface area contributed by atoms with Gasteiger partial charge < -0.3 is 14.4 Å².